The van der Waals surface area contributed by atoms with E-state index in [0.29, 0.717) is 12.5 Å². The molecule has 1 aliphatic heterocycles. The minimum absolute atomic E-state index is 0.168. The molecule has 1 saturated carbocycles. The van der Waals surface area contributed by atoms with Crippen LogP contribution in [0.3, 0.4) is 0 Å². The van der Waals surface area contributed by atoms with Crippen molar-refractivity contribution in [3.8, 4) is 0 Å². The Morgan fingerprint density at radius 2 is 2.10 bits per heavy atom. The van der Waals surface area contributed by atoms with Crippen molar-refractivity contribution >= 4 is 5.91 Å². The van der Waals surface area contributed by atoms with Crippen molar-refractivity contribution in [3.05, 3.63) is 11.6 Å². The van der Waals surface area contributed by atoms with Gasteiger partial charge in [0.25, 0.3) is 5.91 Å². The quantitative estimate of drug-likeness (QED) is 0.846. The molecule has 3 rings (SSSR count). The summed E-state index contributed by atoms with van der Waals surface area (Å²) in [6.07, 6.45) is 4.84. The summed E-state index contributed by atoms with van der Waals surface area (Å²) in [6, 6.07) is 0. The minimum Gasteiger partial charge on any atom is -0.348 e. The van der Waals surface area contributed by atoms with Gasteiger partial charge in [0.05, 0.1) is 0 Å². The Morgan fingerprint density at radius 3 is 2.80 bits per heavy atom. The van der Waals surface area contributed by atoms with E-state index in [9.17, 15) is 4.79 Å². The molecule has 1 aromatic rings. The van der Waals surface area contributed by atoms with E-state index < -0.39 is 0 Å². The van der Waals surface area contributed by atoms with E-state index in [1.165, 1.54) is 12.8 Å². The maximum Gasteiger partial charge on any atom is 0.291 e. The predicted octanol–water partition coefficient (Wildman–Crippen LogP) is 1.14. The van der Waals surface area contributed by atoms with E-state index in [0.717, 1.165) is 44.2 Å². The maximum absolute atomic E-state index is 11.9. The number of nitrogens with one attached hydrogen (secondary N) is 2. The number of likely N-dealkylation sites (tertiary alicyclic amines) is 1. The van der Waals surface area contributed by atoms with Crippen LogP contribution < -0.4 is 5.32 Å². The summed E-state index contributed by atoms with van der Waals surface area (Å²) >= 11 is 0. The fraction of sp³-hybridized carbons (Fsp3) is 0.786. The molecule has 2 heterocycles. The van der Waals surface area contributed by atoms with Crippen LogP contribution in [0.2, 0.25) is 0 Å². The SMILES string of the molecule is CC1CCN(CCNC(=O)c2n[nH]c(C3CC3)n2)CC1. The number of aromatic nitrogens is 3. The van der Waals surface area contributed by atoms with E-state index >= 15 is 0 Å². The number of carbonyl (C=O) groups excluding carboxylic acids is 1. The molecule has 20 heavy (non-hydrogen) atoms. The largest absolute Gasteiger partial charge is 0.348 e. The average Bonchev–Trinajstić information content (AvgIpc) is 3.18. The number of aromatic amines is 1. The number of hydrogen-bond donors (Lipinski definition) is 2. The summed E-state index contributed by atoms with van der Waals surface area (Å²) in [5.41, 5.74) is 0. The van der Waals surface area contributed by atoms with Crippen LogP contribution in [0.15, 0.2) is 0 Å². The van der Waals surface area contributed by atoms with Gasteiger partial charge in [-0.15, -0.1) is 5.10 Å². The lowest BCUT2D eigenvalue weighted by Gasteiger charge is -2.29. The van der Waals surface area contributed by atoms with Gasteiger partial charge in [0, 0.05) is 19.0 Å². The molecule has 0 unspecified atom stereocenters. The van der Waals surface area contributed by atoms with Gasteiger partial charge in [-0.25, -0.2) is 4.98 Å². The number of rotatable bonds is 5. The number of carbonyl (C=O) groups is 1. The van der Waals surface area contributed by atoms with Crippen molar-refractivity contribution in [2.75, 3.05) is 26.2 Å². The molecular weight excluding hydrogens is 254 g/mol. The van der Waals surface area contributed by atoms with Gasteiger partial charge in [0.15, 0.2) is 0 Å². The van der Waals surface area contributed by atoms with Crippen LogP contribution in [-0.4, -0.2) is 52.2 Å². The standard InChI is InChI=1S/C14H23N5O/c1-10-4-7-19(8-5-10)9-6-15-14(20)13-16-12(17-18-13)11-2-3-11/h10-11H,2-9H2,1H3,(H,15,20)(H,16,17,18). The van der Waals surface area contributed by atoms with Gasteiger partial charge in [-0.05, 0) is 44.7 Å². The van der Waals surface area contributed by atoms with Gasteiger partial charge in [0.2, 0.25) is 5.82 Å². The van der Waals surface area contributed by atoms with Crippen molar-refractivity contribution in [1.29, 1.82) is 0 Å². The van der Waals surface area contributed by atoms with Crippen LogP contribution in [0.5, 0.6) is 0 Å². The van der Waals surface area contributed by atoms with E-state index in [-0.39, 0.29) is 11.7 Å². The zero-order chi connectivity index (χ0) is 13.9. The van der Waals surface area contributed by atoms with Crippen LogP contribution in [0, 0.1) is 5.92 Å². The highest BCUT2D eigenvalue weighted by molar-refractivity contribution is 5.90. The van der Waals surface area contributed by atoms with Gasteiger partial charge in [0.1, 0.15) is 5.82 Å². The first-order valence-corrected chi connectivity index (χ1v) is 7.65. The lowest BCUT2D eigenvalue weighted by molar-refractivity contribution is 0.0934. The van der Waals surface area contributed by atoms with Crippen molar-refractivity contribution < 1.29 is 4.79 Å². The lowest BCUT2D eigenvalue weighted by atomic mass is 9.99. The van der Waals surface area contributed by atoms with Crippen LogP contribution in [0.4, 0.5) is 0 Å². The first kappa shape index (κ1) is 13.5. The Hall–Kier alpha value is -1.43. The second-order valence-corrected chi connectivity index (χ2v) is 6.10. The Kier molecular flexibility index (Phi) is 4.00. The highest BCUT2D eigenvalue weighted by Gasteiger charge is 2.28. The summed E-state index contributed by atoms with van der Waals surface area (Å²) in [7, 11) is 0. The fourth-order valence-corrected chi connectivity index (χ4v) is 2.61. The number of H-pyrrole nitrogens is 1. The average molecular weight is 277 g/mol. The number of piperidine rings is 1. The van der Waals surface area contributed by atoms with E-state index in [4.69, 9.17) is 0 Å². The second kappa shape index (κ2) is 5.91. The van der Waals surface area contributed by atoms with Gasteiger partial charge in [-0.3, -0.25) is 9.89 Å². The molecule has 2 N–H and O–H groups in total. The molecule has 1 amide bonds. The normalized spacial score (nSPS) is 21.1. The lowest BCUT2D eigenvalue weighted by Crippen LogP contribution is -2.39. The monoisotopic (exact) mass is 277 g/mol. The highest BCUT2D eigenvalue weighted by Crippen LogP contribution is 2.37. The maximum atomic E-state index is 11.9. The van der Waals surface area contributed by atoms with Gasteiger partial charge in [-0.1, -0.05) is 6.92 Å². The van der Waals surface area contributed by atoms with Gasteiger partial charge < -0.3 is 10.2 Å². The first-order chi connectivity index (χ1) is 9.72. The van der Waals surface area contributed by atoms with E-state index in [2.05, 4.69) is 32.3 Å². The first-order valence-electron chi connectivity index (χ1n) is 7.65. The third-order valence-corrected chi connectivity index (χ3v) is 4.26. The molecule has 1 saturated heterocycles. The third-order valence-electron chi connectivity index (χ3n) is 4.26. The predicted molar refractivity (Wildman–Crippen MR) is 75.5 cm³/mol. The Bertz CT molecular complexity index is 460. The van der Waals surface area contributed by atoms with Crippen molar-refractivity contribution in [2.45, 2.75) is 38.5 Å². The van der Waals surface area contributed by atoms with Crippen molar-refractivity contribution in [1.82, 2.24) is 25.4 Å². The van der Waals surface area contributed by atoms with Gasteiger partial charge >= 0.3 is 0 Å². The Morgan fingerprint density at radius 1 is 1.35 bits per heavy atom. The van der Waals surface area contributed by atoms with Crippen LogP contribution in [0.1, 0.15) is 55.0 Å². The molecule has 0 atom stereocenters. The molecule has 1 aromatic heterocycles. The van der Waals surface area contributed by atoms with E-state index in [1.54, 1.807) is 0 Å². The topological polar surface area (TPSA) is 73.9 Å². The Labute approximate surface area is 119 Å². The molecule has 0 aromatic carbocycles. The molecule has 2 fully saturated rings. The smallest absolute Gasteiger partial charge is 0.291 e. The second-order valence-electron chi connectivity index (χ2n) is 6.10. The molecule has 0 radical (unpaired) electrons. The molecule has 2 aliphatic rings. The summed E-state index contributed by atoms with van der Waals surface area (Å²) in [5.74, 6) is 2.31. The molecular formula is C14H23N5O. The van der Waals surface area contributed by atoms with Gasteiger partial charge in [-0.2, -0.15) is 0 Å². The van der Waals surface area contributed by atoms with Crippen LogP contribution in [-0.2, 0) is 0 Å². The molecule has 1 aliphatic carbocycles. The Balaban J connectivity index is 1.40. The minimum atomic E-state index is -0.168. The van der Waals surface area contributed by atoms with E-state index in [1.807, 2.05) is 0 Å². The summed E-state index contributed by atoms with van der Waals surface area (Å²) in [4.78, 5) is 18.6. The zero-order valence-corrected chi connectivity index (χ0v) is 12.1. The zero-order valence-electron chi connectivity index (χ0n) is 12.1. The van der Waals surface area contributed by atoms with Crippen molar-refractivity contribution in [2.24, 2.45) is 5.92 Å². The summed E-state index contributed by atoms with van der Waals surface area (Å²) < 4.78 is 0. The summed E-state index contributed by atoms with van der Waals surface area (Å²) in [5, 5.41) is 9.76. The summed E-state index contributed by atoms with van der Waals surface area (Å²) in [6.45, 7) is 6.17. The number of nitrogens with zero attached hydrogens (tertiary/aromatic N) is 3. The van der Waals surface area contributed by atoms with Crippen LogP contribution >= 0.6 is 0 Å². The van der Waals surface area contributed by atoms with Crippen molar-refractivity contribution in [3.63, 3.8) is 0 Å². The number of hydrogen-bond acceptors (Lipinski definition) is 4. The molecule has 0 bridgehead atoms. The molecule has 0 spiro atoms. The third kappa shape index (κ3) is 3.36. The number of amides is 1. The molecule has 110 valence electrons. The van der Waals surface area contributed by atoms with Crippen LogP contribution in [0.25, 0.3) is 0 Å². The highest BCUT2D eigenvalue weighted by atomic mass is 16.2. The molecule has 6 heteroatoms. The molecule has 6 nitrogen and oxygen atoms in total. The fourth-order valence-electron chi connectivity index (χ4n) is 2.61.